The number of rotatable bonds is 5. The van der Waals surface area contributed by atoms with E-state index in [2.05, 4.69) is 229 Å². The summed E-state index contributed by atoms with van der Waals surface area (Å²) in [5, 5.41) is 4.61. The molecule has 0 radical (unpaired) electrons. The van der Waals surface area contributed by atoms with Gasteiger partial charge >= 0.3 is 0 Å². The van der Waals surface area contributed by atoms with Crippen LogP contribution in [0.1, 0.15) is 22.3 Å². The Morgan fingerprint density at radius 2 is 0.869 bits per heavy atom. The Kier molecular flexibility index (Phi) is 7.26. The van der Waals surface area contributed by atoms with Crippen LogP contribution in [-0.4, -0.2) is 0 Å². The first-order chi connectivity index (χ1) is 30.3. The van der Waals surface area contributed by atoms with Crippen molar-refractivity contribution in [3.8, 4) is 44.5 Å². The Morgan fingerprint density at radius 3 is 1.54 bits per heavy atom. The molecule has 0 atom stereocenters. The maximum atomic E-state index is 6.74. The van der Waals surface area contributed by atoms with Gasteiger partial charge in [0.2, 0.25) is 0 Å². The number of hydrogen-bond donors (Lipinski definition) is 0. The monoisotopic (exact) mass is 775 g/mol. The van der Waals surface area contributed by atoms with Crippen LogP contribution in [0.2, 0.25) is 0 Å². The third-order valence-electron chi connectivity index (χ3n) is 13.3. The highest BCUT2D eigenvalue weighted by molar-refractivity contribution is 6.20. The van der Waals surface area contributed by atoms with Crippen LogP contribution in [0.15, 0.2) is 229 Å². The van der Waals surface area contributed by atoms with Crippen LogP contribution in [0.3, 0.4) is 0 Å². The minimum absolute atomic E-state index is 0.468. The van der Waals surface area contributed by atoms with E-state index in [9.17, 15) is 0 Å². The van der Waals surface area contributed by atoms with E-state index < -0.39 is 5.41 Å². The molecule has 1 heterocycles. The molecule has 0 aliphatic heterocycles. The largest absolute Gasteiger partial charge is 0.456 e. The van der Waals surface area contributed by atoms with Crippen molar-refractivity contribution in [2.45, 2.75) is 5.41 Å². The van der Waals surface area contributed by atoms with Crippen molar-refractivity contribution in [1.29, 1.82) is 0 Å². The zero-order chi connectivity index (χ0) is 40.1. The van der Waals surface area contributed by atoms with Crippen molar-refractivity contribution in [2.24, 2.45) is 0 Å². The van der Waals surface area contributed by atoms with E-state index in [4.69, 9.17) is 4.42 Å². The molecule has 0 saturated carbocycles. The smallest absolute Gasteiger partial charge is 0.136 e. The fraction of sp³-hybridized carbons (Fsp3) is 0.0169. The minimum atomic E-state index is -0.468. The van der Waals surface area contributed by atoms with Gasteiger partial charge in [0, 0.05) is 27.7 Å². The van der Waals surface area contributed by atoms with Crippen LogP contribution in [-0.2, 0) is 5.41 Å². The lowest BCUT2D eigenvalue weighted by molar-refractivity contribution is 0.669. The lowest BCUT2D eigenvalue weighted by atomic mass is 9.70. The van der Waals surface area contributed by atoms with Crippen molar-refractivity contribution >= 4 is 49.8 Å². The van der Waals surface area contributed by atoms with Crippen LogP contribution in [0.4, 0.5) is 17.1 Å². The van der Waals surface area contributed by atoms with Crippen molar-refractivity contribution < 1.29 is 4.42 Å². The minimum Gasteiger partial charge on any atom is -0.456 e. The van der Waals surface area contributed by atoms with E-state index in [1.807, 2.05) is 0 Å². The van der Waals surface area contributed by atoms with Gasteiger partial charge in [0.15, 0.2) is 0 Å². The molecule has 11 aromatic rings. The Balaban J connectivity index is 1.12. The molecule has 2 aliphatic carbocycles. The van der Waals surface area contributed by atoms with E-state index in [1.54, 1.807) is 0 Å². The van der Waals surface area contributed by atoms with Gasteiger partial charge in [0.1, 0.15) is 11.2 Å². The first kappa shape index (κ1) is 34.0. The normalized spacial score (nSPS) is 13.0. The molecule has 1 spiro atoms. The maximum absolute atomic E-state index is 6.74. The molecule has 2 heteroatoms. The van der Waals surface area contributed by atoms with E-state index in [1.165, 1.54) is 66.4 Å². The van der Waals surface area contributed by atoms with E-state index in [-0.39, 0.29) is 0 Å². The highest BCUT2D eigenvalue weighted by Crippen LogP contribution is 2.63. The van der Waals surface area contributed by atoms with Gasteiger partial charge in [-0.1, -0.05) is 182 Å². The Morgan fingerprint density at radius 1 is 0.328 bits per heavy atom. The van der Waals surface area contributed by atoms with Gasteiger partial charge in [-0.2, -0.15) is 0 Å². The molecule has 13 rings (SSSR count). The summed E-state index contributed by atoms with van der Waals surface area (Å²) in [7, 11) is 0. The van der Waals surface area contributed by atoms with Gasteiger partial charge in [0.05, 0.1) is 11.1 Å². The number of anilines is 3. The van der Waals surface area contributed by atoms with Crippen molar-refractivity contribution in [3.63, 3.8) is 0 Å². The van der Waals surface area contributed by atoms with Crippen LogP contribution < -0.4 is 4.90 Å². The Bertz CT molecular complexity index is 3460. The average Bonchev–Trinajstić information content (AvgIpc) is 3.96. The van der Waals surface area contributed by atoms with Gasteiger partial charge in [-0.15, -0.1) is 0 Å². The van der Waals surface area contributed by atoms with E-state index in [0.29, 0.717) is 0 Å². The third-order valence-corrected chi connectivity index (χ3v) is 13.3. The van der Waals surface area contributed by atoms with Crippen molar-refractivity contribution in [2.75, 3.05) is 4.90 Å². The highest BCUT2D eigenvalue weighted by Gasteiger charge is 2.51. The second-order valence-electron chi connectivity index (χ2n) is 16.4. The van der Waals surface area contributed by atoms with E-state index >= 15 is 0 Å². The second-order valence-corrected chi connectivity index (χ2v) is 16.4. The maximum Gasteiger partial charge on any atom is 0.136 e. The van der Waals surface area contributed by atoms with Gasteiger partial charge in [0.25, 0.3) is 0 Å². The first-order valence-electron chi connectivity index (χ1n) is 21.1. The third kappa shape index (κ3) is 4.85. The fourth-order valence-corrected chi connectivity index (χ4v) is 10.7. The average molecular weight is 776 g/mol. The molecule has 284 valence electrons. The first-order valence-corrected chi connectivity index (χ1v) is 21.1. The summed E-state index contributed by atoms with van der Waals surface area (Å²) in [6, 6.07) is 82.3. The predicted octanol–water partition coefficient (Wildman–Crippen LogP) is 15.9. The number of hydrogen-bond acceptors (Lipinski definition) is 2. The molecule has 0 bridgehead atoms. The van der Waals surface area contributed by atoms with Crippen molar-refractivity contribution in [1.82, 2.24) is 0 Å². The Labute approximate surface area is 354 Å². The summed E-state index contributed by atoms with van der Waals surface area (Å²) in [4.78, 5) is 2.48. The van der Waals surface area contributed by atoms with Crippen LogP contribution in [0.5, 0.6) is 0 Å². The SMILES string of the molecule is c1ccc(-c2ccc(N(c3ccc4c(c3)C3(c5ccccc5-c5ccccc53)c3ccccc3-4)c3cc4c(cc3-c3ccccc3)oc3ccc5ccccc5c34)cc2)cc1. The van der Waals surface area contributed by atoms with Crippen LogP contribution in [0, 0.1) is 0 Å². The molecule has 0 fully saturated rings. The summed E-state index contributed by atoms with van der Waals surface area (Å²) < 4.78 is 6.74. The second kappa shape index (κ2) is 13.0. The van der Waals surface area contributed by atoms with Gasteiger partial charge in [-0.05, 0) is 114 Å². The molecular weight excluding hydrogens is 739 g/mol. The zero-order valence-electron chi connectivity index (χ0n) is 33.2. The molecule has 0 unspecified atom stereocenters. The molecule has 1 aromatic heterocycles. The lowest BCUT2D eigenvalue weighted by Crippen LogP contribution is -2.26. The van der Waals surface area contributed by atoms with Gasteiger partial charge in [-0.3, -0.25) is 0 Å². The molecule has 0 amide bonds. The van der Waals surface area contributed by atoms with Crippen LogP contribution >= 0.6 is 0 Å². The number of furan rings is 1. The molecule has 10 aromatic carbocycles. The molecule has 2 aliphatic rings. The number of fused-ring (bicyclic) bond motifs is 15. The lowest BCUT2D eigenvalue weighted by Gasteiger charge is -2.33. The molecule has 2 nitrogen and oxygen atoms in total. The molecule has 0 saturated heterocycles. The van der Waals surface area contributed by atoms with Crippen molar-refractivity contribution in [3.05, 3.63) is 247 Å². The molecular formula is C59H37NO. The summed E-state index contributed by atoms with van der Waals surface area (Å²) in [5.74, 6) is 0. The van der Waals surface area contributed by atoms with E-state index in [0.717, 1.165) is 50.1 Å². The van der Waals surface area contributed by atoms with Gasteiger partial charge in [-0.25, -0.2) is 0 Å². The predicted molar refractivity (Wildman–Crippen MR) is 253 cm³/mol. The summed E-state index contributed by atoms with van der Waals surface area (Å²) in [5.41, 5.74) is 19.6. The Hall–Kier alpha value is -7.94. The summed E-state index contributed by atoms with van der Waals surface area (Å²) >= 11 is 0. The van der Waals surface area contributed by atoms with Crippen LogP contribution in [0.25, 0.3) is 77.2 Å². The summed E-state index contributed by atoms with van der Waals surface area (Å²) in [6.07, 6.45) is 0. The molecule has 0 N–H and O–H groups in total. The summed E-state index contributed by atoms with van der Waals surface area (Å²) in [6.45, 7) is 0. The highest BCUT2D eigenvalue weighted by atomic mass is 16.3. The fourth-order valence-electron chi connectivity index (χ4n) is 10.7. The number of benzene rings is 10. The zero-order valence-corrected chi connectivity index (χ0v) is 33.2. The topological polar surface area (TPSA) is 16.4 Å². The van der Waals surface area contributed by atoms with Gasteiger partial charge < -0.3 is 9.32 Å². The standard InChI is InChI=1S/C59H37NO/c1-3-15-38(16-4-1)39-27-30-42(31-28-39)60(55-36-50-57(37-49(55)40-17-5-2-6-18-40)61-56-34-29-41-19-7-8-20-44(41)58(50)56)43-32-33-48-47-23-11-14-26-53(47)59(54(48)35-43)51-24-12-9-21-45(51)46-22-10-13-25-52(46)59/h1-37H. The molecule has 61 heavy (non-hydrogen) atoms. The quantitative estimate of drug-likeness (QED) is 0.173. The number of nitrogens with zero attached hydrogens (tertiary/aromatic N) is 1.